The maximum absolute atomic E-state index is 6.38. The summed E-state index contributed by atoms with van der Waals surface area (Å²) in [5, 5.41) is 0. The molecule has 0 aliphatic carbocycles. The van der Waals surface area contributed by atoms with Crippen LogP contribution in [0.15, 0.2) is 0 Å². The Kier molecular flexibility index (Phi) is 4.10. The lowest BCUT2D eigenvalue weighted by atomic mass is 9.79. The summed E-state index contributed by atoms with van der Waals surface area (Å²) in [6, 6.07) is 0. The third-order valence-electron chi connectivity index (χ3n) is 2.64. The van der Waals surface area contributed by atoms with Gasteiger partial charge in [0.05, 0.1) is 0 Å². The van der Waals surface area contributed by atoms with E-state index in [9.17, 15) is 0 Å². The van der Waals surface area contributed by atoms with Crippen LogP contribution in [0.5, 0.6) is 0 Å². The second kappa shape index (κ2) is 4.00. The number of hydrogen-bond acceptors (Lipinski definition) is 0. The largest absolute Gasteiger partial charge is 0.119 e. The van der Waals surface area contributed by atoms with Crippen molar-refractivity contribution in [1.29, 1.82) is 0 Å². The molecule has 0 radical (unpaired) electrons. The lowest BCUT2D eigenvalue weighted by Gasteiger charge is -2.33. The average molecular weight is 191 g/mol. The molecule has 0 N–H and O–H groups in total. The van der Waals surface area contributed by atoms with E-state index in [1.165, 1.54) is 6.42 Å². The van der Waals surface area contributed by atoms with Crippen LogP contribution < -0.4 is 0 Å². The van der Waals surface area contributed by atoms with E-state index in [2.05, 4.69) is 41.5 Å². The lowest BCUT2D eigenvalue weighted by molar-refractivity contribution is 0.261. The van der Waals surface area contributed by atoms with Gasteiger partial charge in [0.1, 0.15) is 0 Å². The summed E-state index contributed by atoms with van der Waals surface area (Å²) < 4.78 is 0. The summed E-state index contributed by atoms with van der Waals surface area (Å²) in [6.07, 6.45) is 2.24. The van der Waals surface area contributed by atoms with Gasteiger partial charge in [0.25, 0.3) is 0 Å². The summed E-state index contributed by atoms with van der Waals surface area (Å²) in [6.45, 7) is 13.4. The molecule has 0 nitrogen and oxygen atoms in total. The van der Waals surface area contributed by atoms with Crippen molar-refractivity contribution >= 4 is 11.6 Å². The summed E-state index contributed by atoms with van der Waals surface area (Å²) in [4.78, 5) is -0.0206. The molecule has 0 bridgehead atoms. The van der Waals surface area contributed by atoms with Gasteiger partial charge in [0.2, 0.25) is 0 Å². The molecule has 0 heterocycles. The van der Waals surface area contributed by atoms with Crippen LogP contribution in [0, 0.1) is 11.3 Å². The second-order valence-electron chi connectivity index (χ2n) is 5.30. The van der Waals surface area contributed by atoms with Gasteiger partial charge in [-0.25, -0.2) is 0 Å². The molecule has 0 rings (SSSR count). The van der Waals surface area contributed by atoms with Crippen LogP contribution in [-0.4, -0.2) is 4.87 Å². The van der Waals surface area contributed by atoms with Crippen molar-refractivity contribution in [3.8, 4) is 0 Å². The fourth-order valence-corrected chi connectivity index (χ4v) is 1.56. The predicted molar refractivity (Wildman–Crippen MR) is 57.8 cm³/mol. The van der Waals surface area contributed by atoms with Gasteiger partial charge in [-0.1, -0.05) is 34.6 Å². The Bertz CT molecular complexity index is 130. The van der Waals surface area contributed by atoms with E-state index in [1.807, 2.05) is 0 Å². The van der Waals surface area contributed by atoms with E-state index >= 15 is 0 Å². The number of halogens is 1. The van der Waals surface area contributed by atoms with Crippen LogP contribution in [0.3, 0.4) is 0 Å². The molecule has 1 heteroatoms. The smallest absolute Gasteiger partial charge is 0.0441 e. The summed E-state index contributed by atoms with van der Waals surface area (Å²) in [5.41, 5.74) is 0.394. The highest BCUT2D eigenvalue weighted by atomic mass is 35.5. The zero-order chi connectivity index (χ0) is 9.99. The molecule has 0 aliphatic rings. The molecule has 2 atom stereocenters. The minimum Gasteiger partial charge on any atom is -0.119 e. The Morgan fingerprint density at radius 2 is 1.58 bits per heavy atom. The van der Waals surface area contributed by atoms with Gasteiger partial charge >= 0.3 is 0 Å². The van der Waals surface area contributed by atoms with Gasteiger partial charge in [0, 0.05) is 4.87 Å². The molecule has 0 aromatic rings. The fraction of sp³-hybridized carbons (Fsp3) is 1.00. The standard InChI is InChI=1S/C11H23Cl/c1-7-11(6,12)9(2)8-10(3,4)5/h9H,7-8H2,1-6H3. The first-order valence-electron chi connectivity index (χ1n) is 4.88. The molecule has 0 saturated heterocycles. The van der Waals surface area contributed by atoms with Crippen LogP contribution in [0.2, 0.25) is 0 Å². The predicted octanol–water partition coefficient (Wildman–Crippen LogP) is 4.47. The highest BCUT2D eigenvalue weighted by Gasteiger charge is 2.29. The van der Waals surface area contributed by atoms with Crippen molar-refractivity contribution in [3.05, 3.63) is 0 Å². The van der Waals surface area contributed by atoms with E-state index in [0.29, 0.717) is 11.3 Å². The molecule has 0 aliphatic heterocycles. The molecule has 0 aromatic heterocycles. The van der Waals surface area contributed by atoms with Crippen LogP contribution in [0.1, 0.15) is 54.4 Å². The van der Waals surface area contributed by atoms with Crippen molar-refractivity contribution in [1.82, 2.24) is 0 Å². The van der Waals surface area contributed by atoms with Crippen molar-refractivity contribution in [2.24, 2.45) is 11.3 Å². The van der Waals surface area contributed by atoms with E-state index in [1.54, 1.807) is 0 Å². The number of rotatable bonds is 3. The topological polar surface area (TPSA) is 0 Å². The molecule has 2 unspecified atom stereocenters. The summed E-state index contributed by atoms with van der Waals surface area (Å²) in [5.74, 6) is 0.587. The van der Waals surface area contributed by atoms with E-state index in [4.69, 9.17) is 11.6 Å². The summed E-state index contributed by atoms with van der Waals surface area (Å²) in [7, 11) is 0. The molecular weight excluding hydrogens is 168 g/mol. The molecule has 74 valence electrons. The van der Waals surface area contributed by atoms with Crippen LogP contribution in [-0.2, 0) is 0 Å². The first-order valence-corrected chi connectivity index (χ1v) is 5.26. The average Bonchev–Trinajstić information content (AvgIpc) is 1.84. The maximum Gasteiger partial charge on any atom is 0.0441 e. The van der Waals surface area contributed by atoms with Gasteiger partial charge in [-0.3, -0.25) is 0 Å². The van der Waals surface area contributed by atoms with E-state index < -0.39 is 0 Å². The monoisotopic (exact) mass is 190 g/mol. The van der Waals surface area contributed by atoms with Gasteiger partial charge in [-0.2, -0.15) is 0 Å². The number of alkyl halides is 1. The highest BCUT2D eigenvalue weighted by Crippen LogP contribution is 2.36. The zero-order valence-corrected chi connectivity index (χ0v) is 10.1. The van der Waals surface area contributed by atoms with Crippen molar-refractivity contribution < 1.29 is 0 Å². The third-order valence-corrected chi connectivity index (χ3v) is 3.28. The Balaban J connectivity index is 4.13. The molecular formula is C11H23Cl. The van der Waals surface area contributed by atoms with Crippen LogP contribution >= 0.6 is 11.6 Å². The Morgan fingerprint density at radius 1 is 1.17 bits per heavy atom. The first kappa shape index (κ1) is 12.3. The molecule has 0 amide bonds. The third kappa shape index (κ3) is 4.35. The minimum absolute atomic E-state index is 0.0206. The normalized spacial score (nSPS) is 20.2. The molecule has 0 spiro atoms. The van der Waals surface area contributed by atoms with Gasteiger partial charge < -0.3 is 0 Å². The SMILES string of the molecule is CCC(C)(Cl)C(C)CC(C)(C)C. The van der Waals surface area contributed by atoms with Crippen LogP contribution in [0.4, 0.5) is 0 Å². The highest BCUT2D eigenvalue weighted by molar-refractivity contribution is 6.23. The molecule has 12 heavy (non-hydrogen) atoms. The van der Waals surface area contributed by atoms with Gasteiger partial charge in [0.15, 0.2) is 0 Å². The van der Waals surface area contributed by atoms with Crippen molar-refractivity contribution in [2.45, 2.75) is 59.3 Å². The minimum atomic E-state index is -0.0206. The lowest BCUT2D eigenvalue weighted by Crippen LogP contribution is -2.28. The van der Waals surface area contributed by atoms with E-state index in [-0.39, 0.29) is 4.87 Å². The van der Waals surface area contributed by atoms with Gasteiger partial charge in [-0.15, -0.1) is 11.6 Å². The van der Waals surface area contributed by atoms with Crippen molar-refractivity contribution in [2.75, 3.05) is 0 Å². The molecule has 0 fully saturated rings. The Hall–Kier alpha value is 0.290. The fourth-order valence-electron chi connectivity index (χ4n) is 1.48. The van der Waals surface area contributed by atoms with Gasteiger partial charge in [-0.05, 0) is 31.1 Å². The summed E-state index contributed by atoms with van der Waals surface area (Å²) >= 11 is 6.38. The molecule has 0 aromatic carbocycles. The van der Waals surface area contributed by atoms with E-state index in [0.717, 1.165) is 6.42 Å². The number of hydrogen-bond donors (Lipinski definition) is 0. The van der Waals surface area contributed by atoms with Crippen molar-refractivity contribution in [3.63, 3.8) is 0 Å². The quantitative estimate of drug-likeness (QED) is 0.577. The molecule has 0 saturated carbocycles. The maximum atomic E-state index is 6.38. The zero-order valence-electron chi connectivity index (χ0n) is 9.37. The second-order valence-corrected chi connectivity index (χ2v) is 6.16. The Labute approximate surface area is 82.7 Å². The first-order chi connectivity index (χ1) is 5.19. The van der Waals surface area contributed by atoms with Crippen LogP contribution in [0.25, 0.3) is 0 Å². The Morgan fingerprint density at radius 3 is 1.83 bits per heavy atom.